The first-order valence-electron chi connectivity index (χ1n) is 8.90. The van der Waals surface area contributed by atoms with Gasteiger partial charge >= 0.3 is 0 Å². The highest BCUT2D eigenvalue weighted by Gasteiger charge is 2.19. The van der Waals surface area contributed by atoms with E-state index >= 15 is 0 Å². The second-order valence-corrected chi connectivity index (χ2v) is 8.45. The molecule has 0 spiro atoms. The van der Waals surface area contributed by atoms with Gasteiger partial charge in [-0.1, -0.05) is 29.8 Å². The molecule has 0 aliphatic carbocycles. The molecule has 0 bridgehead atoms. The van der Waals surface area contributed by atoms with E-state index in [1.807, 2.05) is 36.1 Å². The molecule has 2 aromatic carbocycles. The Kier molecular flexibility index (Phi) is 5.74. The molecule has 3 rings (SSSR count). The number of carbonyl (C=O) groups excluding carboxylic acids is 1. The van der Waals surface area contributed by atoms with Gasteiger partial charge in [0.1, 0.15) is 0 Å². The third-order valence-electron chi connectivity index (χ3n) is 4.64. The molecule has 0 unspecified atom stereocenters. The van der Waals surface area contributed by atoms with Crippen molar-refractivity contribution in [1.82, 2.24) is 9.62 Å². The Morgan fingerprint density at radius 1 is 0.962 bits per heavy atom. The summed E-state index contributed by atoms with van der Waals surface area (Å²) in [5.41, 5.74) is 2.56. The minimum Gasteiger partial charge on any atom is -0.339 e. The van der Waals surface area contributed by atoms with Crippen LogP contribution in [0.5, 0.6) is 0 Å². The van der Waals surface area contributed by atoms with Crippen molar-refractivity contribution in [3.63, 3.8) is 0 Å². The van der Waals surface area contributed by atoms with Crippen molar-refractivity contribution >= 4 is 15.9 Å². The molecule has 0 saturated carbocycles. The monoisotopic (exact) mass is 372 g/mol. The van der Waals surface area contributed by atoms with E-state index in [-0.39, 0.29) is 17.3 Å². The third-order valence-corrected chi connectivity index (χ3v) is 6.06. The van der Waals surface area contributed by atoms with Gasteiger partial charge in [-0.3, -0.25) is 4.79 Å². The lowest BCUT2D eigenvalue weighted by Crippen LogP contribution is -2.35. The highest BCUT2D eigenvalue weighted by molar-refractivity contribution is 7.89. The lowest BCUT2D eigenvalue weighted by Gasteiger charge is -2.26. The first kappa shape index (κ1) is 18.6. The maximum absolute atomic E-state index is 12.5. The molecule has 1 fully saturated rings. The summed E-state index contributed by atoms with van der Waals surface area (Å²) in [5.74, 6) is -0.0266. The number of hydrogen-bond acceptors (Lipinski definition) is 3. The van der Waals surface area contributed by atoms with E-state index in [9.17, 15) is 13.2 Å². The minimum absolute atomic E-state index is 0.0266. The Bertz CT molecular complexity index is 853. The van der Waals surface area contributed by atoms with Crippen LogP contribution in [0.3, 0.4) is 0 Å². The molecule has 1 aliphatic heterocycles. The Balaban J connectivity index is 1.66. The molecule has 1 saturated heterocycles. The van der Waals surface area contributed by atoms with E-state index in [0.717, 1.165) is 43.5 Å². The summed E-state index contributed by atoms with van der Waals surface area (Å²) in [6.45, 7) is 3.77. The normalized spacial score (nSPS) is 15.0. The number of nitrogens with one attached hydrogen (secondary N) is 1. The van der Waals surface area contributed by atoms with Crippen molar-refractivity contribution in [2.75, 3.05) is 13.1 Å². The average Bonchev–Trinajstić information content (AvgIpc) is 2.68. The number of likely N-dealkylation sites (tertiary alicyclic amines) is 1. The van der Waals surface area contributed by atoms with Gasteiger partial charge < -0.3 is 4.90 Å². The summed E-state index contributed by atoms with van der Waals surface area (Å²) >= 11 is 0. The lowest BCUT2D eigenvalue weighted by atomic mass is 10.1. The predicted molar refractivity (Wildman–Crippen MR) is 101 cm³/mol. The molecule has 6 heteroatoms. The Hall–Kier alpha value is -2.18. The summed E-state index contributed by atoms with van der Waals surface area (Å²) in [7, 11) is -3.61. The second-order valence-electron chi connectivity index (χ2n) is 6.69. The zero-order valence-corrected chi connectivity index (χ0v) is 15.8. The quantitative estimate of drug-likeness (QED) is 0.877. The maximum Gasteiger partial charge on any atom is 0.253 e. The van der Waals surface area contributed by atoms with Crippen LogP contribution in [0.25, 0.3) is 0 Å². The van der Waals surface area contributed by atoms with Crippen LogP contribution in [0.2, 0.25) is 0 Å². The van der Waals surface area contributed by atoms with Crippen LogP contribution in [0.1, 0.15) is 40.7 Å². The minimum atomic E-state index is -3.61. The summed E-state index contributed by atoms with van der Waals surface area (Å²) in [4.78, 5) is 14.5. The third kappa shape index (κ3) is 4.51. The largest absolute Gasteiger partial charge is 0.339 e. The molecule has 1 amide bonds. The van der Waals surface area contributed by atoms with Gasteiger partial charge in [0.05, 0.1) is 4.90 Å². The zero-order valence-electron chi connectivity index (χ0n) is 14.9. The number of benzene rings is 2. The van der Waals surface area contributed by atoms with Crippen molar-refractivity contribution in [2.45, 2.75) is 37.6 Å². The molecular weight excluding hydrogens is 348 g/mol. The number of nitrogens with zero attached hydrogens (tertiary/aromatic N) is 1. The van der Waals surface area contributed by atoms with Gasteiger partial charge in [0, 0.05) is 25.2 Å². The van der Waals surface area contributed by atoms with Crippen LogP contribution < -0.4 is 4.72 Å². The second kappa shape index (κ2) is 8.01. The first-order chi connectivity index (χ1) is 12.5. The van der Waals surface area contributed by atoms with E-state index in [0.29, 0.717) is 5.56 Å². The Morgan fingerprint density at radius 3 is 2.19 bits per heavy atom. The van der Waals surface area contributed by atoms with Gasteiger partial charge in [-0.2, -0.15) is 0 Å². The Morgan fingerprint density at radius 2 is 1.58 bits per heavy atom. The van der Waals surface area contributed by atoms with Crippen LogP contribution >= 0.6 is 0 Å². The van der Waals surface area contributed by atoms with E-state index < -0.39 is 10.0 Å². The SMILES string of the molecule is Cc1ccc(CNS(=O)(=O)c2ccc(C(=O)N3CCCCC3)cc2)cc1. The number of piperidine rings is 1. The van der Waals surface area contributed by atoms with Gasteiger partial charge in [-0.15, -0.1) is 0 Å². The fraction of sp³-hybridized carbons (Fsp3) is 0.350. The molecular formula is C20H24N2O3S. The summed E-state index contributed by atoms with van der Waals surface area (Å²) in [5, 5.41) is 0. The molecule has 138 valence electrons. The van der Waals surface area contributed by atoms with Crippen LogP contribution in [-0.4, -0.2) is 32.3 Å². The van der Waals surface area contributed by atoms with Gasteiger partial charge in [-0.05, 0) is 56.0 Å². The fourth-order valence-corrected chi connectivity index (χ4v) is 4.04. The summed E-state index contributed by atoms with van der Waals surface area (Å²) < 4.78 is 27.5. The molecule has 26 heavy (non-hydrogen) atoms. The van der Waals surface area contributed by atoms with Crippen LogP contribution in [0, 0.1) is 6.92 Å². The van der Waals surface area contributed by atoms with Crippen molar-refractivity contribution in [3.05, 3.63) is 65.2 Å². The highest BCUT2D eigenvalue weighted by atomic mass is 32.2. The molecule has 1 aliphatic rings. The van der Waals surface area contributed by atoms with E-state index in [2.05, 4.69) is 4.72 Å². The van der Waals surface area contributed by atoms with Gasteiger partial charge in [0.2, 0.25) is 10.0 Å². The highest BCUT2D eigenvalue weighted by Crippen LogP contribution is 2.16. The van der Waals surface area contributed by atoms with E-state index in [1.54, 1.807) is 12.1 Å². The number of hydrogen-bond donors (Lipinski definition) is 1. The zero-order chi connectivity index (χ0) is 18.6. The number of rotatable bonds is 5. The van der Waals surface area contributed by atoms with Crippen LogP contribution in [0.4, 0.5) is 0 Å². The molecule has 5 nitrogen and oxygen atoms in total. The fourth-order valence-electron chi connectivity index (χ4n) is 3.02. The smallest absolute Gasteiger partial charge is 0.253 e. The van der Waals surface area contributed by atoms with Crippen LogP contribution in [0.15, 0.2) is 53.4 Å². The lowest BCUT2D eigenvalue weighted by molar-refractivity contribution is 0.0724. The summed E-state index contributed by atoms with van der Waals surface area (Å²) in [6.07, 6.45) is 3.22. The van der Waals surface area contributed by atoms with Gasteiger partial charge in [0.25, 0.3) is 5.91 Å². The topological polar surface area (TPSA) is 66.5 Å². The van der Waals surface area contributed by atoms with Crippen molar-refractivity contribution in [3.8, 4) is 0 Å². The average molecular weight is 372 g/mol. The van der Waals surface area contributed by atoms with Crippen molar-refractivity contribution in [1.29, 1.82) is 0 Å². The maximum atomic E-state index is 12.5. The van der Waals surface area contributed by atoms with Crippen molar-refractivity contribution in [2.24, 2.45) is 0 Å². The molecule has 2 aromatic rings. The molecule has 0 radical (unpaired) electrons. The van der Waals surface area contributed by atoms with Gasteiger partial charge in [0.15, 0.2) is 0 Å². The molecule has 0 aromatic heterocycles. The Labute approximate surface area is 155 Å². The number of amides is 1. The number of carbonyl (C=O) groups is 1. The van der Waals surface area contributed by atoms with Crippen molar-refractivity contribution < 1.29 is 13.2 Å². The first-order valence-corrected chi connectivity index (χ1v) is 10.4. The molecule has 1 N–H and O–H groups in total. The molecule has 0 atom stereocenters. The van der Waals surface area contributed by atoms with E-state index in [1.165, 1.54) is 12.1 Å². The number of sulfonamides is 1. The predicted octanol–water partition coefficient (Wildman–Crippen LogP) is 3.10. The van der Waals surface area contributed by atoms with Crippen LogP contribution in [-0.2, 0) is 16.6 Å². The standard InChI is InChI=1S/C20H24N2O3S/c1-16-5-7-17(8-6-16)15-21-26(24,25)19-11-9-18(10-12-19)20(23)22-13-3-2-4-14-22/h5-12,21H,2-4,13-15H2,1H3. The van der Waals surface area contributed by atoms with Gasteiger partial charge in [-0.25, -0.2) is 13.1 Å². The molecule has 1 heterocycles. The van der Waals surface area contributed by atoms with E-state index in [4.69, 9.17) is 0 Å². The number of aryl methyl sites for hydroxylation is 1. The summed E-state index contributed by atoms with van der Waals surface area (Å²) in [6, 6.07) is 13.9.